The normalized spacial score (nSPS) is 20.1. The molecule has 3 aromatic heterocycles. The maximum atomic E-state index is 10.8. The monoisotopic (exact) mass is 579 g/mol. The highest BCUT2D eigenvalue weighted by Crippen LogP contribution is 2.38. The SMILES string of the molecule is CCOc1cc2cc(-c3c(C)nc(NCc4cc(OC)cc(OC)c4)nc3N[C@@H]3C[C@H](CO)[C@@H](O)[C@H]3O)oc2c(C)n1. The molecule has 12 heteroatoms. The summed E-state index contributed by atoms with van der Waals surface area (Å²) in [7, 11) is 3.19. The van der Waals surface area contributed by atoms with E-state index in [1.807, 2.05) is 45.0 Å². The van der Waals surface area contributed by atoms with E-state index in [0.717, 1.165) is 10.9 Å². The number of hydrogen-bond donors (Lipinski definition) is 5. The molecule has 224 valence electrons. The lowest BCUT2D eigenvalue weighted by Crippen LogP contribution is -2.35. The van der Waals surface area contributed by atoms with Crippen LogP contribution in [0.3, 0.4) is 0 Å². The van der Waals surface area contributed by atoms with Crippen LogP contribution < -0.4 is 24.8 Å². The van der Waals surface area contributed by atoms with E-state index in [0.29, 0.717) is 77.0 Å². The molecule has 1 fully saturated rings. The standard InChI is InChI=1S/C30H37N5O7/c1-6-41-24-11-18-10-23(42-28(18)16(3)32-24)25-15(2)33-30(31-13-17-7-20(39-4)12-21(8-17)40-5)35-29(25)34-22-9-19(14-36)26(37)27(22)38/h7-8,10-12,19,22,26-27,36-38H,6,9,13-14H2,1-5H3,(H2,31,33,34,35)/t19-,22-,26-,27+/m1/s1. The first-order valence-electron chi connectivity index (χ1n) is 13.9. The molecule has 12 nitrogen and oxygen atoms in total. The summed E-state index contributed by atoms with van der Waals surface area (Å²) >= 11 is 0. The molecule has 1 saturated carbocycles. The van der Waals surface area contributed by atoms with Gasteiger partial charge in [0.25, 0.3) is 0 Å². The van der Waals surface area contributed by atoms with Crippen molar-refractivity contribution in [3.8, 4) is 28.7 Å². The molecular weight excluding hydrogens is 542 g/mol. The molecule has 0 radical (unpaired) electrons. The number of pyridine rings is 1. The predicted molar refractivity (Wildman–Crippen MR) is 157 cm³/mol. The van der Waals surface area contributed by atoms with E-state index in [-0.39, 0.29) is 6.61 Å². The molecule has 0 saturated heterocycles. The summed E-state index contributed by atoms with van der Waals surface area (Å²) in [6.07, 6.45) is -1.80. The Bertz CT molecular complexity index is 1540. The van der Waals surface area contributed by atoms with Crippen molar-refractivity contribution in [2.45, 2.75) is 52.0 Å². The van der Waals surface area contributed by atoms with Gasteiger partial charge in [0, 0.05) is 36.6 Å². The average Bonchev–Trinajstić information content (AvgIpc) is 3.52. The van der Waals surface area contributed by atoms with Crippen molar-refractivity contribution in [1.29, 1.82) is 0 Å². The summed E-state index contributed by atoms with van der Waals surface area (Å²) in [4.78, 5) is 14.0. The Morgan fingerprint density at radius 3 is 2.33 bits per heavy atom. The second-order valence-electron chi connectivity index (χ2n) is 10.3. The summed E-state index contributed by atoms with van der Waals surface area (Å²) in [5, 5.41) is 38.3. The van der Waals surface area contributed by atoms with Gasteiger partial charge in [-0.25, -0.2) is 9.97 Å². The van der Waals surface area contributed by atoms with Crippen LogP contribution in [0.2, 0.25) is 0 Å². The van der Waals surface area contributed by atoms with E-state index < -0.39 is 24.2 Å². The number of nitrogens with one attached hydrogen (secondary N) is 2. The lowest BCUT2D eigenvalue weighted by molar-refractivity contribution is 0.00446. The van der Waals surface area contributed by atoms with Gasteiger partial charge < -0.3 is 44.6 Å². The lowest BCUT2D eigenvalue weighted by Gasteiger charge is -2.21. The van der Waals surface area contributed by atoms with Gasteiger partial charge in [-0.05, 0) is 51.0 Å². The number of aryl methyl sites for hydroxylation is 2. The van der Waals surface area contributed by atoms with Gasteiger partial charge in [0.2, 0.25) is 11.8 Å². The third-order valence-corrected chi connectivity index (χ3v) is 7.50. The van der Waals surface area contributed by atoms with Gasteiger partial charge in [-0.1, -0.05) is 0 Å². The molecule has 3 heterocycles. The summed E-state index contributed by atoms with van der Waals surface area (Å²) in [5.41, 5.74) is 3.43. The molecule has 4 atom stereocenters. The van der Waals surface area contributed by atoms with Crippen LogP contribution in [0.5, 0.6) is 17.4 Å². The maximum absolute atomic E-state index is 10.8. The predicted octanol–water partition coefficient (Wildman–Crippen LogP) is 3.44. The number of ether oxygens (including phenoxy) is 3. The Morgan fingerprint density at radius 1 is 0.952 bits per heavy atom. The third kappa shape index (κ3) is 5.91. The van der Waals surface area contributed by atoms with Gasteiger partial charge in [-0.2, -0.15) is 4.98 Å². The van der Waals surface area contributed by atoms with Gasteiger partial charge in [0.1, 0.15) is 29.2 Å². The number of nitrogens with zero attached hydrogens (tertiary/aromatic N) is 3. The number of fused-ring (bicyclic) bond motifs is 1. The number of methoxy groups -OCH3 is 2. The minimum atomic E-state index is -1.10. The number of benzene rings is 1. The lowest BCUT2D eigenvalue weighted by atomic mass is 10.1. The van der Waals surface area contributed by atoms with E-state index in [1.54, 1.807) is 20.3 Å². The zero-order valence-electron chi connectivity index (χ0n) is 24.3. The van der Waals surface area contributed by atoms with Crippen molar-refractivity contribution in [2.75, 3.05) is 38.1 Å². The fraction of sp³-hybridized carbons (Fsp3) is 0.433. The smallest absolute Gasteiger partial charge is 0.225 e. The van der Waals surface area contributed by atoms with Crippen LogP contribution in [0.15, 0.2) is 34.7 Å². The number of aliphatic hydroxyl groups excluding tert-OH is 3. The highest BCUT2D eigenvalue weighted by Gasteiger charge is 2.41. The fourth-order valence-corrected chi connectivity index (χ4v) is 5.35. The minimum Gasteiger partial charge on any atom is -0.497 e. The molecule has 4 aromatic rings. The average molecular weight is 580 g/mol. The number of aliphatic hydroxyl groups is 3. The molecule has 0 unspecified atom stereocenters. The summed E-state index contributed by atoms with van der Waals surface area (Å²) in [6.45, 7) is 6.25. The summed E-state index contributed by atoms with van der Waals surface area (Å²) in [5.74, 6) is 2.65. The van der Waals surface area contributed by atoms with Crippen molar-refractivity contribution < 1.29 is 33.9 Å². The van der Waals surface area contributed by atoms with E-state index in [2.05, 4.69) is 15.6 Å². The van der Waals surface area contributed by atoms with Gasteiger partial charge in [0.15, 0.2) is 5.58 Å². The first-order valence-corrected chi connectivity index (χ1v) is 13.9. The zero-order valence-corrected chi connectivity index (χ0v) is 24.3. The summed E-state index contributed by atoms with van der Waals surface area (Å²) in [6, 6.07) is 8.73. The van der Waals surface area contributed by atoms with Crippen molar-refractivity contribution >= 4 is 22.7 Å². The van der Waals surface area contributed by atoms with Gasteiger partial charge in [0.05, 0.1) is 49.9 Å². The molecule has 0 spiro atoms. The Kier molecular flexibility index (Phi) is 8.66. The van der Waals surface area contributed by atoms with Gasteiger partial charge >= 0.3 is 0 Å². The molecule has 1 aliphatic rings. The Balaban J connectivity index is 1.53. The Morgan fingerprint density at radius 2 is 1.69 bits per heavy atom. The van der Waals surface area contributed by atoms with E-state index in [1.165, 1.54) is 0 Å². The topological polar surface area (TPSA) is 164 Å². The van der Waals surface area contributed by atoms with Crippen molar-refractivity contribution in [2.24, 2.45) is 5.92 Å². The van der Waals surface area contributed by atoms with Crippen LogP contribution in [0.25, 0.3) is 22.3 Å². The van der Waals surface area contributed by atoms with Crippen LogP contribution in [-0.4, -0.2) is 76.0 Å². The highest BCUT2D eigenvalue weighted by atomic mass is 16.5. The van der Waals surface area contributed by atoms with E-state index in [4.69, 9.17) is 28.6 Å². The molecule has 0 bridgehead atoms. The molecule has 1 aromatic carbocycles. The largest absolute Gasteiger partial charge is 0.497 e. The molecular formula is C30H37N5O7. The zero-order chi connectivity index (χ0) is 30.0. The molecule has 1 aliphatic carbocycles. The van der Waals surface area contributed by atoms with E-state index >= 15 is 0 Å². The van der Waals surface area contributed by atoms with Crippen molar-refractivity contribution in [1.82, 2.24) is 15.0 Å². The molecule has 5 rings (SSSR count). The number of anilines is 2. The molecule has 0 aliphatic heterocycles. The summed E-state index contributed by atoms with van der Waals surface area (Å²) < 4.78 is 22.7. The number of aromatic nitrogens is 3. The van der Waals surface area contributed by atoms with Crippen molar-refractivity contribution in [3.05, 3.63) is 47.3 Å². The number of rotatable bonds is 11. The fourth-order valence-electron chi connectivity index (χ4n) is 5.35. The minimum absolute atomic E-state index is 0.235. The van der Waals surface area contributed by atoms with Crippen molar-refractivity contribution in [3.63, 3.8) is 0 Å². The van der Waals surface area contributed by atoms with E-state index in [9.17, 15) is 15.3 Å². The second-order valence-corrected chi connectivity index (χ2v) is 10.3. The highest BCUT2D eigenvalue weighted by molar-refractivity contribution is 5.88. The number of hydrogen-bond acceptors (Lipinski definition) is 12. The number of furan rings is 1. The Hall–Kier alpha value is -4.13. The van der Waals surface area contributed by atoms with Gasteiger partial charge in [-0.15, -0.1) is 0 Å². The maximum Gasteiger partial charge on any atom is 0.225 e. The quantitative estimate of drug-likeness (QED) is 0.176. The Labute approximate surface area is 243 Å². The van der Waals surface area contributed by atoms with Crippen LogP contribution in [0.1, 0.15) is 30.3 Å². The van der Waals surface area contributed by atoms with Crippen LogP contribution in [0, 0.1) is 19.8 Å². The van der Waals surface area contributed by atoms with Gasteiger partial charge in [-0.3, -0.25) is 0 Å². The molecule has 5 N–H and O–H groups in total. The second kappa shape index (κ2) is 12.4. The van der Waals surface area contributed by atoms with Crippen LogP contribution in [-0.2, 0) is 6.54 Å². The first-order chi connectivity index (χ1) is 20.2. The molecule has 42 heavy (non-hydrogen) atoms. The third-order valence-electron chi connectivity index (χ3n) is 7.50. The molecule has 0 amide bonds. The first kappa shape index (κ1) is 29.4. The van der Waals surface area contributed by atoms with Crippen LogP contribution >= 0.6 is 0 Å². The van der Waals surface area contributed by atoms with Crippen LogP contribution in [0.4, 0.5) is 11.8 Å².